The summed E-state index contributed by atoms with van der Waals surface area (Å²) < 4.78 is 5.23. The van der Waals surface area contributed by atoms with Crippen molar-refractivity contribution in [2.24, 2.45) is 0 Å². The Labute approximate surface area is 116 Å². The number of amides is 1. The molecule has 0 saturated heterocycles. The Bertz CT molecular complexity index is 435. The van der Waals surface area contributed by atoms with Crippen LogP contribution in [0, 0.1) is 0 Å². The summed E-state index contributed by atoms with van der Waals surface area (Å²) in [5.41, 5.74) is 1.02. The summed E-state index contributed by atoms with van der Waals surface area (Å²) in [7, 11) is -1.20. The van der Waals surface area contributed by atoms with Crippen molar-refractivity contribution in [2.75, 3.05) is 6.54 Å². The second-order valence-electron chi connectivity index (χ2n) is 6.45. The lowest BCUT2D eigenvalue weighted by Gasteiger charge is -2.28. The van der Waals surface area contributed by atoms with Gasteiger partial charge in [-0.2, -0.15) is 0 Å². The topological polar surface area (TPSA) is 38.3 Å². The van der Waals surface area contributed by atoms with Gasteiger partial charge < -0.3 is 10.1 Å². The summed E-state index contributed by atoms with van der Waals surface area (Å²) in [6.07, 6.45) is 2.21. The Morgan fingerprint density at radius 3 is 2.42 bits per heavy atom. The van der Waals surface area contributed by atoms with E-state index in [0.717, 1.165) is 12.1 Å². The first kappa shape index (κ1) is 14.1. The van der Waals surface area contributed by atoms with Gasteiger partial charge in [-0.15, -0.1) is 0 Å². The first-order chi connectivity index (χ1) is 8.93. The molecule has 4 heteroatoms. The first-order valence-corrected chi connectivity index (χ1v) is 10.4. The van der Waals surface area contributed by atoms with Crippen molar-refractivity contribution in [2.45, 2.75) is 44.1 Å². The second kappa shape index (κ2) is 5.37. The number of ether oxygens (including phenoxy) is 1. The van der Waals surface area contributed by atoms with Crippen molar-refractivity contribution < 1.29 is 9.53 Å². The normalized spacial score (nSPS) is 16.8. The Hall–Kier alpha value is -1.29. The number of carbonyl (C=O) groups excluding carboxylic acids is 1. The molecule has 1 aliphatic rings. The molecular formula is C15H23NO2Si. The molecule has 0 atom stereocenters. The fraction of sp³-hybridized carbons (Fsp3) is 0.533. The van der Waals surface area contributed by atoms with Crippen LogP contribution in [0.5, 0.6) is 0 Å². The summed E-state index contributed by atoms with van der Waals surface area (Å²) in [4.78, 5) is 11.7. The Kier molecular flexibility index (Phi) is 3.99. The van der Waals surface area contributed by atoms with Crippen LogP contribution in [0.25, 0.3) is 0 Å². The Morgan fingerprint density at radius 1 is 1.26 bits per heavy atom. The predicted octanol–water partition coefficient (Wildman–Crippen LogP) is 3.79. The van der Waals surface area contributed by atoms with E-state index in [2.05, 4.69) is 25.0 Å². The zero-order chi connectivity index (χ0) is 13.9. The minimum atomic E-state index is -1.20. The number of alkyl carbamates (subject to hydrolysis) is 1. The van der Waals surface area contributed by atoms with Gasteiger partial charge in [-0.1, -0.05) is 50.0 Å². The fourth-order valence-electron chi connectivity index (χ4n) is 2.36. The number of benzene rings is 1. The van der Waals surface area contributed by atoms with Crippen LogP contribution in [-0.4, -0.2) is 20.7 Å². The monoisotopic (exact) mass is 277 g/mol. The van der Waals surface area contributed by atoms with E-state index in [1.165, 1.54) is 12.8 Å². The van der Waals surface area contributed by atoms with Crippen molar-refractivity contribution in [3.8, 4) is 0 Å². The largest absolute Gasteiger partial charge is 0.445 e. The van der Waals surface area contributed by atoms with E-state index in [4.69, 9.17) is 4.74 Å². The average molecular weight is 277 g/mol. The first-order valence-electron chi connectivity index (χ1n) is 6.88. The highest BCUT2D eigenvalue weighted by atomic mass is 28.3. The highest BCUT2D eigenvalue weighted by Crippen LogP contribution is 2.60. The molecule has 3 nitrogen and oxygen atoms in total. The molecule has 1 aromatic carbocycles. The minimum absolute atomic E-state index is 0.298. The van der Waals surface area contributed by atoms with E-state index >= 15 is 0 Å². The van der Waals surface area contributed by atoms with Crippen molar-refractivity contribution >= 4 is 14.2 Å². The van der Waals surface area contributed by atoms with Gasteiger partial charge in [0.25, 0.3) is 0 Å². The van der Waals surface area contributed by atoms with Gasteiger partial charge in [-0.3, -0.25) is 0 Å². The minimum Gasteiger partial charge on any atom is -0.445 e. The highest BCUT2D eigenvalue weighted by Gasteiger charge is 2.52. The molecule has 19 heavy (non-hydrogen) atoms. The van der Waals surface area contributed by atoms with Gasteiger partial charge in [-0.25, -0.2) is 4.79 Å². The molecule has 0 bridgehead atoms. The van der Waals surface area contributed by atoms with Crippen molar-refractivity contribution in [1.82, 2.24) is 5.32 Å². The molecule has 0 unspecified atom stereocenters. The lowest BCUT2D eigenvalue weighted by atomic mass is 10.2. The quantitative estimate of drug-likeness (QED) is 0.832. The van der Waals surface area contributed by atoms with Crippen LogP contribution in [-0.2, 0) is 11.3 Å². The molecule has 0 spiro atoms. The third-order valence-corrected chi connectivity index (χ3v) is 8.09. The van der Waals surface area contributed by atoms with E-state index in [-0.39, 0.29) is 6.09 Å². The molecule has 1 amide bonds. The molecule has 1 aromatic rings. The molecule has 0 aliphatic heterocycles. The zero-order valence-corrected chi connectivity index (χ0v) is 13.0. The third kappa shape index (κ3) is 3.59. The van der Waals surface area contributed by atoms with Crippen molar-refractivity contribution in [3.05, 3.63) is 35.9 Å². The van der Waals surface area contributed by atoms with E-state index in [9.17, 15) is 4.79 Å². The number of nitrogens with one attached hydrogen (secondary N) is 1. The van der Waals surface area contributed by atoms with Gasteiger partial charge in [0, 0.05) is 6.54 Å². The maximum atomic E-state index is 11.7. The number of carbonyl (C=O) groups is 1. The molecule has 1 fully saturated rings. The fourth-order valence-corrected chi connectivity index (χ4v) is 4.60. The van der Waals surface area contributed by atoms with Crippen LogP contribution in [0.15, 0.2) is 30.3 Å². The van der Waals surface area contributed by atoms with Crippen LogP contribution >= 0.6 is 0 Å². The standard InChI is InChI=1S/C15H23NO2Si/c1-19(2,3)15(9-10-15)12-16-14(17)18-11-13-7-5-4-6-8-13/h4-8H,9-12H2,1-3H3,(H,16,17). The van der Waals surface area contributed by atoms with Crippen LogP contribution in [0.3, 0.4) is 0 Å². The SMILES string of the molecule is C[Si](C)(C)C1(CNC(=O)OCc2ccccc2)CC1. The van der Waals surface area contributed by atoms with E-state index in [0.29, 0.717) is 11.6 Å². The molecule has 0 radical (unpaired) electrons. The Morgan fingerprint density at radius 2 is 1.89 bits per heavy atom. The maximum Gasteiger partial charge on any atom is 0.407 e. The van der Waals surface area contributed by atoms with Gasteiger partial charge in [0.1, 0.15) is 6.61 Å². The molecule has 104 valence electrons. The number of hydrogen-bond donors (Lipinski definition) is 1. The van der Waals surface area contributed by atoms with Crippen LogP contribution in [0.2, 0.25) is 24.7 Å². The highest BCUT2D eigenvalue weighted by molar-refractivity contribution is 6.80. The van der Waals surface area contributed by atoms with Gasteiger partial charge in [0.05, 0.1) is 8.07 Å². The average Bonchev–Trinajstić information content (AvgIpc) is 3.16. The van der Waals surface area contributed by atoms with Gasteiger partial charge in [0.2, 0.25) is 0 Å². The summed E-state index contributed by atoms with van der Waals surface area (Å²) >= 11 is 0. The Balaban J connectivity index is 1.74. The number of rotatable bonds is 5. The summed E-state index contributed by atoms with van der Waals surface area (Å²) in [5.74, 6) is 0. The smallest absolute Gasteiger partial charge is 0.407 e. The molecule has 0 aromatic heterocycles. The maximum absolute atomic E-state index is 11.7. The predicted molar refractivity (Wildman–Crippen MR) is 79.9 cm³/mol. The molecule has 2 rings (SSSR count). The number of hydrogen-bond acceptors (Lipinski definition) is 2. The molecule has 1 saturated carbocycles. The molecule has 1 aliphatic carbocycles. The van der Waals surface area contributed by atoms with Gasteiger partial charge in [0.15, 0.2) is 0 Å². The van der Waals surface area contributed by atoms with Crippen LogP contribution in [0.4, 0.5) is 4.79 Å². The summed E-state index contributed by atoms with van der Waals surface area (Å²) in [6, 6.07) is 9.76. The van der Waals surface area contributed by atoms with E-state index in [1.807, 2.05) is 30.3 Å². The van der Waals surface area contributed by atoms with Crippen LogP contribution < -0.4 is 5.32 Å². The lowest BCUT2D eigenvalue weighted by Crippen LogP contribution is -2.39. The second-order valence-corrected chi connectivity index (χ2v) is 12.0. The molecular weight excluding hydrogens is 254 g/mol. The van der Waals surface area contributed by atoms with Gasteiger partial charge >= 0.3 is 6.09 Å². The lowest BCUT2D eigenvalue weighted by molar-refractivity contribution is 0.139. The van der Waals surface area contributed by atoms with Gasteiger partial charge in [-0.05, 0) is 23.4 Å². The zero-order valence-electron chi connectivity index (χ0n) is 12.0. The van der Waals surface area contributed by atoms with E-state index < -0.39 is 8.07 Å². The van der Waals surface area contributed by atoms with Crippen molar-refractivity contribution in [1.29, 1.82) is 0 Å². The van der Waals surface area contributed by atoms with Crippen molar-refractivity contribution in [3.63, 3.8) is 0 Å². The third-order valence-electron chi connectivity index (χ3n) is 4.23. The molecule has 0 heterocycles. The summed E-state index contributed by atoms with van der Waals surface area (Å²) in [6.45, 7) is 8.23. The van der Waals surface area contributed by atoms with Crippen LogP contribution in [0.1, 0.15) is 18.4 Å². The summed E-state index contributed by atoms with van der Waals surface area (Å²) in [5, 5.41) is 3.34. The molecule has 1 N–H and O–H groups in total. The van der Waals surface area contributed by atoms with E-state index in [1.54, 1.807) is 0 Å².